The Kier molecular flexibility index (Phi) is 8.47. The highest BCUT2D eigenvalue weighted by Crippen LogP contribution is 2.27. The number of anilines is 2. The van der Waals surface area contributed by atoms with Crippen LogP contribution in [0.25, 0.3) is 0 Å². The lowest BCUT2D eigenvalue weighted by molar-refractivity contribution is -0.115. The molecule has 0 radical (unpaired) electrons. The van der Waals surface area contributed by atoms with Gasteiger partial charge in [-0.05, 0) is 56.3 Å². The molecule has 0 aromatic heterocycles. The van der Waals surface area contributed by atoms with E-state index in [1.165, 1.54) is 18.9 Å². The summed E-state index contributed by atoms with van der Waals surface area (Å²) in [5.74, 6) is 1.05. The fourth-order valence-electron chi connectivity index (χ4n) is 2.26. The summed E-state index contributed by atoms with van der Waals surface area (Å²) in [7, 11) is 1.52. The highest BCUT2D eigenvalue weighted by molar-refractivity contribution is 8.01. The summed E-state index contributed by atoms with van der Waals surface area (Å²) in [4.78, 5) is 24.4. The van der Waals surface area contributed by atoms with Gasteiger partial charge in [-0.25, -0.2) is 0 Å². The van der Waals surface area contributed by atoms with Crippen LogP contribution in [0.1, 0.15) is 13.8 Å². The Morgan fingerprint density at radius 3 is 2.39 bits per heavy atom. The van der Waals surface area contributed by atoms with E-state index in [0.29, 0.717) is 28.8 Å². The molecule has 0 bridgehead atoms. The van der Waals surface area contributed by atoms with Crippen LogP contribution in [0, 0.1) is 0 Å². The van der Waals surface area contributed by atoms with Gasteiger partial charge < -0.3 is 20.1 Å². The van der Waals surface area contributed by atoms with E-state index < -0.39 is 5.25 Å². The molecule has 6 nitrogen and oxygen atoms in total. The van der Waals surface area contributed by atoms with E-state index in [1.54, 1.807) is 49.4 Å². The lowest BCUT2D eigenvalue weighted by atomic mass is 10.3. The van der Waals surface area contributed by atoms with Gasteiger partial charge in [0.05, 0.1) is 29.7 Å². The average molecular weight is 423 g/mol. The molecule has 0 spiro atoms. The van der Waals surface area contributed by atoms with Crippen LogP contribution in [0.2, 0.25) is 5.02 Å². The minimum absolute atomic E-state index is 0.158. The molecule has 28 heavy (non-hydrogen) atoms. The number of nitrogens with one attached hydrogen (secondary N) is 2. The summed E-state index contributed by atoms with van der Waals surface area (Å²) in [6, 6.07) is 12.1. The maximum atomic E-state index is 12.3. The van der Waals surface area contributed by atoms with E-state index in [1.807, 2.05) is 6.92 Å². The fraction of sp³-hybridized carbons (Fsp3) is 0.300. The Morgan fingerprint density at radius 2 is 1.79 bits per heavy atom. The Balaban J connectivity index is 1.80. The number of halogens is 1. The molecule has 0 saturated carbocycles. The quantitative estimate of drug-likeness (QED) is 0.624. The van der Waals surface area contributed by atoms with Gasteiger partial charge in [0.1, 0.15) is 11.5 Å². The van der Waals surface area contributed by atoms with Crippen molar-refractivity contribution in [2.45, 2.75) is 19.1 Å². The number of methoxy groups -OCH3 is 1. The van der Waals surface area contributed by atoms with Crippen molar-refractivity contribution in [2.75, 3.05) is 30.1 Å². The molecule has 0 aliphatic carbocycles. The summed E-state index contributed by atoms with van der Waals surface area (Å²) in [6.07, 6.45) is 0. The minimum atomic E-state index is -0.410. The van der Waals surface area contributed by atoms with Crippen molar-refractivity contribution in [1.82, 2.24) is 0 Å². The van der Waals surface area contributed by atoms with Crippen LogP contribution in [0.4, 0.5) is 11.4 Å². The maximum Gasteiger partial charge on any atom is 0.237 e. The zero-order valence-electron chi connectivity index (χ0n) is 16.0. The van der Waals surface area contributed by atoms with Gasteiger partial charge >= 0.3 is 0 Å². The molecular formula is C20H23ClN2O4S. The smallest absolute Gasteiger partial charge is 0.237 e. The van der Waals surface area contributed by atoms with Crippen LogP contribution in [0.5, 0.6) is 11.5 Å². The van der Waals surface area contributed by atoms with E-state index in [0.717, 1.165) is 5.75 Å². The summed E-state index contributed by atoms with van der Waals surface area (Å²) in [5, 5.41) is 5.58. The second kappa shape index (κ2) is 10.8. The number of thioether (sulfide) groups is 1. The van der Waals surface area contributed by atoms with Gasteiger partial charge in [-0.15, -0.1) is 11.8 Å². The van der Waals surface area contributed by atoms with Crippen molar-refractivity contribution < 1.29 is 19.1 Å². The molecule has 0 heterocycles. The van der Waals surface area contributed by atoms with Gasteiger partial charge in [0.2, 0.25) is 11.8 Å². The van der Waals surface area contributed by atoms with E-state index in [2.05, 4.69) is 10.6 Å². The Morgan fingerprint density at radius 1 is 1.11 bits per heavy atom. The van der Waals surface area contributed by atoms with Gasteiger partial charge in [0, 0.05) is 11.4 Å². The first-order valence-electron chi connectivity index (χ1n) is 8.71. The monoisotopic (exact) mass is 422 g/mol. The van der Waals surface area contributed by atoms with Crippen LogP contribution >= 0.6 is 23.4 Å². The molecule has 0 saturated heterocycles. The number of amides is 2. The van der Waals surface area contributed by atoms with Crippen molar-refractivity contribution in [2.24, 2.45) is 0 Å². The molecule has 1 atom stereocenters. The van der Waals surface area contributed by atoms with Gasteiger partial charge in [0.15, 0.2) is 0 Å². The van der Waals surface area contributed by atoms with Crippen molar-refractivity contribution in [3.05, 3.63) is 47.5 Å². The number of carbonyl (C=O) groups is 2. The number of ether oxygens (including phenoxy) is 2. The molecule has 0 fully saturated rings. The topological polar surface area (TPSA) is 76.7 Å². The molecule has 0 aliphatic rings. The molecule has 150 valence electrons. The zero-order valence-corrected chi connectivity index (χ0v) is 17.5. The number of hydrogen-bond donors (Lipinski definition) is 2. The third-order valence-electron chi connectivity index (χ3n) is 3.70. The Bertz CT molecular complexity index is 814. The van der Waals surface area contributed by atoms with Crippen molar-refractivity contribution in [3.8, 4) is 11.5 Å². The summed E-state index contributed by atoms with van der Waals surface area (Å²) in [6.45, 7) is 4.24. The Hall–Kier alpha value is -2.38. The molecule has 0 unspecified atom stereocenters. The van der Waals surface area contributed by atoms with E-state index in [4.69, 9.17) is 21.1 Å². The predicted octanol–water partition coefficient (Wildman–Crippen LogP) is 4.45. The lowest BCUT2D eigenvalue weighted by Gasteiger charge is -2.13. The highest BCUT2D eigenvalue weighted by Gasteiger charge is 2.16. The molecule has 0 aliphatic heterocycles. The summed E-state index contributed by atoms with van der Waals surface area (Å²) < 4.78 is 10.4. The van der Waals surface area contributed by atoms with Gasteiger partial charge in [-0.1, -0.05) is 11.6 Å². The van der Waals surface area contributed by atoms with E-state index >= 15 is 0 Å². The average Bonchev–Trinajstić information content (AvgIpc) is 2.68. The Labute approximate surface area is 173 Å². The van der Waals surface area contributed by atoms with Crippen LogP contribution < -0.4 is 20.1 Å². The molecule has 2 aromatic rings. The second-order valence-electron chi connectivity index (χ2n) is 5.80. The molecular weight excluding hydrogens is 400 g/mol. The second-order valence-corrected chi connectivity index (χ2v) is 7.53. The van der Waals surface area contributed by atoms with Crippen molar-refractivity contribution in [1.29, 1.82) is 0 Å². The third kappa shape index (κ3) is 6.65. The first-order chi connectivity index (χ1) is 13.4. The molecule has 8 heteroatoms. The van der Waals surface area contributed by atoms with Crippen LogP contribution in [-0.4, -0.2) is 36.5 Å². The third-order valence-corrected chi connectivity index (χ3v) is 5.14. The number of rotatable bonds is 9. The van der Waals surface area contributed by atoms with Gasteiger partial charge in [-0.2, -0.15) is 0 Å². The highest BCUT2D eigenvalue weighted by atomic mass is 35.5. The first kappa shape index (κ1) is 21.9. The predicted molar refractivity (Wildman–Crippen MR) is 115 cm³/mol. The molecule has 2 rings (SSSR count). The standard InChI is InChI=1S/C20H23ClN2O4S/c1-4-27-16-8-5-14(6-9-16)22-19(24)12-28-13(2)20(25)23-15-7-10-18(26-3)17(21)11-15/h5-11,13H,4,12H2,1-3H3,(H,22,24)(H,23,25)/t13-/m1/s1. The normalized spacial score (nSPS) is 11.4. The van der Waals surface area contributed by atoms with E-state index in [-0.39, 0.29) is 17.6 Å². The zero-order chi connectivity index (χ0) is 20.5. The van der Waals surface area contributed by atoms with Crippen molar-refractivity contribution >= 4 is 46.6 Å². The fourth-order valence-corrected chi connectivity index (χ4v) is 3.20. The summed E-state index contributed by atoms with van der Waals surface area (Å²) in [5.41, 5.74) is 1.25. The lowest BCUT2D eigenvalue weighted by Crippen LogP contribution is -2.25. The number of hydrogen-bond acceptors (Lipinski definition) is 5. The van der Waals surface area contributed by atoms with Crippen LogP contribution in [0.3, 0.4) is 0 Å². The SMILES string of the molecule is CCOc1ccc(NC(=O)CS[C@H](C)C(=O)Nc2ccc(OC)c(Cl)c2)cc1. The largest absolute Gasteiger partial charge is 0.495 e. The first-order valence-corrected chi connectivity index (χ1v) is 10.1. The van der Waals surface area contributed by atoms with E-state index in [9.17, 15) is 9.59 Å². The van der Waals surface area contributed by atoms with Crippen LogP contribution in [-0.2, 0) is 9.59 Å². The van der Waals surface area contributed by atoms with Gasteiger partial charge in [0.25, 0.3) is 0 Å². The van der Waals surface area contributed by atoms with Crippen LogP contribution in [0.15, 0.2) is 42.5 Å². The molecule has 2 aromatic carbocycles. The molecule has 2 amide bonds. The minimum Gasteiger partial charge on any atom is -0.495 e. The number of benzene rings is 2. The van der Waals surface area contributed by atoms with Gasteiger partial charge in [-0.3, -0.25) is 9.59 Å². The molecule has 2 N–H and O–H groups in total. The number of carbonyl (C=O) groups excluding carboxylic acids is 2. The van der Waals surface area contributed by atoms with Crippen molar-refractivity contribution in [3.63, 3.8) is 0 Å². The summed E-state index contributed by atoms with van der Waals surface area (Å²) >= 11 is 7.31. The maximum absolute atomic E-state index is 12.3.